The molecule has 110 valence electrons. The molecular weight excluding hydrogens is 276 g/mol. The normalized spacial score (nSPS) is 14.2. The largest absolute Gasteiger partial charge is 0.368 e. The van der Waals surface area contributed by atoms with Crippen molar-refractivity contribution >= 4 is 33.7 Å². The van der Waals surface area contributed by atoms with Gasteiger partial charge in [-0.15, -0.1) is 0 Å². The molecule has 0 amide bonds. The summed E-state index contributed by atoms with van der Waals surface area (Å²) >= 11 is 0. The highest BCUT2D eigenvalue weighted by Crippen LogP contribution is 2.18. The standard InChI is InChI=1S/C12H20N6OS/c1-4-13-12-17-10(9-11(18-12)16-7-15-9)14-6-5-8(2)20(3)19/h7-8H,4-6H2,1-3H3,(H3,13,14,15,16,17,18). The monoisotopic (exact) mass is 296 g/mol. The van der Waals surface area contributed by atoms with Crippen molar-refractivity contribution < 1.29 is 4.21 Å². The van der Waals surface area contributed by atoms with Gasteiger partial charge in [0.15, 0.2) is 11.5 Å². The van der Waals surface area contributed by atoms with Gasteiger partial charge in [0.2, 0.25) is 5.95 Å². The first-order valence-electron chi connectivity index (χ1n) is 6.63. The van der Waals surface area contributed by atoms with Crippen molar-refractivity contribution in [1.82, 2.24) is 19.9 Å². The van der Waals surface area contributed by atoms with E-state index >= 15 is 0 Å². The van der Waals surface area contributed by atoms with Crippen molar-refractivity contribution in [2.75, 3.05) is 30.0 Å². The molecule has 0 radical (unpaired) electrons. The number of H-pyrrole nitrogens is 1. The highest BCUT2D eigenvalue weighted by molar-refractivity contribution is 7.84. The Morgan fingerprint density at radius 3 is 2.90 bits per heavy atom. The number of hydrogen-bond acceptors (Lipinski definition) is 6. The summed E-state index contributed by atoms with van der Waals surface area (Å²) in [4.78, 5) is 15.9. The highest BCUT2D eigenvalue weighted by Gasteiger charge is 2.10. The molecule has 0 saturated heterocycles. The number of aromatic amines is 1. The number of rotatable bonds is 7. The van der Waals surface area contributed by atoms with Gasteiger partial charge in [-0.1, -0.05) is 6.92 Å². The Balaban J connectivity index is 2.11. The van der Waals surface area contributed by atoms with Crippen molar-refractivity contribution in [2.24, 2.45) is 0 Å². The summed E-state index contributed by atoms with van der Waals surface area (Å²) in [6.07, 6.45) is 4.15. The lowest BCUT2D eigenvalue weighted by Gasteiger charge is -2.11. The topological polar surface area (TPSA) is 95.6 Å². The fourth-order valence-corrected chi connectivity index (χ4v) is 2.21. The first-order valence-corrected chi connectivity index (χ1v) is 8.25. The molecule has 2 atom stereocenters. The minimum absolute atomic E-state index is 0.162. The molecule has 2 rings (SSSR count). The van der Waals surface area contributed by atoms with Crippen LogP contribution in [0.15, 0.2) is 6.33 Å². The zero-order valence-electron chi connectivity index (χ0n) is 11.9. The third-order valence-electron chi connectivity index (χ3n) is 3.03. The Labute approximate surface area is 120 Å². The van der Waals surface area contributed by atoms with E-state index in [0.29, 0.717) is 18.1 Å². The van der Waals surface area contributed by atoms with Gasteiger partial charge in [0, 0.05) is 35.4 Å². The van der Waals surface area contributed by atoms with E-state index in [2.05, 4.69) is 30.6 Å². The molecule has 0 aliphatic rings. The minimum Gasteiger partial charge on any atom is -0.368 e. The van der Waals surface area contributed by atoms with Crippen LogP contribution in [0.5, 0.6) is 0 Å². The van der Waals surface area contributed by atoms with Crippen molar-refractivity contribution in [3.8, 4) is 0 Å². The molecule has 0 bridgehead atoms. The van der Waals surface area contributed by atoms with Gasteiger partial charge in [-0.05, 0) is 13.3 Å². The predicted octanol–water partition coefficient (Wildman–Crippen LogP) is 1.35. The van der Waals surface area contributed by atoms with Crippen LogP contribution in [0.2, 0.25) is 0 Å². The molecular formula is C12H20N6OS. The number of imidazole rings is 1. The molecule has 2 aromatic rings. The van der Waals surface area contributed by atoms with Crippen LogP contribution in [0.1, 0.15) is 20.3 Å². The van der Waals surface area contributed by atoms with Gasteiger partial charge in [0.05, 0.1) is 6.33 Å². The summed E-state index contributed by atoms with van der Waals surface area (Å²) in [7, 11) is -0.800. The molecule has 7 nitrogen and oxygen atoms in total. The van der Waals surface area contributed by atoms with Crippen molar-refractivity contribution in [3.05, 3.63) is 6.33 Å². The number of nitrogens with zero attached hydrogens (tertiary/aromatic N) is 3. The molecule has 0 aliphatic heterocycles. The van der Waals surface area contributed by atoms with Gasteiger partial charge in [-0.2, -0.15) is 9.97 Å². The van der Waals surface area contributed by atoms with Crippen LogP contribution in [0, 0.1) is 0 Å². The summed E-state index contributed by atoms with van der Waals surface area (Å²) in [5.74, 6) is 1.28. The summed E-state index contributed by atoms with van der Waals surface area (Å²) in [6.45, 7) is 5.43. The Bertz CT molecular complexity index is 599. The average molecular weight is 296 g/mol. The Hall–Kier alpha value is -1.70. The third kappa shape index (κ3) is 3.44. The lowest BCUT2D eigenvalue weighted by Crippen LogP contribution is -2.16. The summed E-state index contributed by atoms with van der Waals surface area (Å²) in [5, 5.41) is 6.51. The summed E-state index contributed by atoms with van der Waals surface area (Å²) < 4.78 is 11.3. The van der Waals surface area contributed by atoms with Crippen molar-refractivity contribution in [3.63, 3.8) is 0 Å². The fourth-order valence-electron chi connectivity index (χ4n) is 1.76. The van der Waals surface area contributed by atoms with E-state index < -0.39 is 10.8 Å². The van der Waals surface area contributed by atoms with Crippen LogP contribution in [-0.2, 0) is 10.8 Å². The Kier molecular flexibility index (Phi) is 4.89. The zero-order chi connectivity index (χ0) is 14.5. The van der Waals surface area contributed by atoms with E-state index in [1.54, 1.807) is 12.6 Å². The molecule has 3 N–H and O–H groups in total. The lowest BCUT2D eigenvalue weighted by molar-refractivity contribution is 0.672. The third-order valence-corrected chi connectivity index (χ3v) is 4.40. The van der Waals surface area contributed by atoms with E-state index in [1.807, 2.05) is 13.8 Å². The van der Waals surface area contributed by atoms with Gasteiger partial charge in [0.25, 0.3) is 0 Å². The first-order chi connectivity index (χ1) is 9.61. The number of aromatic nitrogens is 4. The van der Waals surface area contributed by atoms with E-state index in [-0.39, 0.29) is 5.25 Å². The molecule has 0 spiro atoms. The molecule has 0 saturated carbocycles. The van der Waals surface area contributed by atoms with Crippen LogP contribution < -0.4 is 10.6 Å². The fraction of sp³-hybridized carbons (Fsp3) is 0.583. The van der Waals surface area contributed by atoms with Crippen molar-refractivity contribution in [1.29, 1.82) is 0 Å². The lowest BCUT2D eigenvalue weighted by atomic mass is 10.3. The Morgan fingerprint density at radius 1 is 1.40 bits per heavy atom. The average Bonchev–Trinajstić information content (AvgIpc) is 2.87. The summed E-state index contributed by atoms with van der Waals surface area (Å²) in [5.41, 5.74) is 1.42. The second-order valence-electron chi connectivity index (χ2n) is 4.55. The molecule has 0 fully saturated rings. The van der Waals surface area contributed by atoms with Crippen LogP contribution in [0.3, 0.4) is 0 Å². The number of anilines is 2. The minimum atomic E-state index is -0.800. The highest BCUT2D eigenvalue weighted by atomic mass is 32.2. The SMILES string of the molecule is CCNc1nc(NCCC(C)S(C)=O)c2[nH]cnc2n1. The second kappa shape index (κ2) is 6.65. The smallest absolute Gasteiger partial charge is 0.226 e. The molecule has 0 aliphatic carbocycles. The van der Waals surface area contributed by atoms with Gasteiger partial charge in [-0.3, -0.25) is 4.21 Å². The van der Waals surface area contributed by atoms with E-state index in [1.165, 1.54) is 0 Å². The first kappa shape index (κ1) is 14.7. The number of fused-ring (bicyclic) bond motifs is 1. The maximum absolute atomic E-state index is 11.3. The van der Waals surface area contributed by atoms with Gasteiger partial charge in [-0.25, -0.2) is 4.98 Å². The van der Waals surface area contributed by atoms with E-state index in [9.17, 15) is 4.21 Å². The molecule has 0 aromatic carbocycles. The second-order valence-corrected chi connectivity index (χ2v) is 6.35. The van der Waals surface area contributed by atoms with Gasteiger partial charge >= 0.3 is 0 Å². The maximum atomic E-state index is 11.3. The van der Waals surface area contributed by atoms with Gasteiger partial charge in [0.1, 0.15) is 5.52 Å². The molecule has 8 heteroatoms. The molecule has 20 heavy (non-hydrogen) atoms. The number of hydrogen-bond donors (Lipinski definition) is 3. The van der Waals surface area contributed by atoms with E-state index in [0.717, 1.165) is 24.3 Å². The summed E-state index contributed by atoms with van der Waals surface area (Å²) in [6, 6.07) is 0. The quantitative estimate of drug-likeness (QED) is 0.714. The predicted molar refractivity (Wildman–Crippen MR) is 82.5 cm³/mol. The van der Waals surface area contributed by atoms with E-state index in [4.69, 9.17) is 0 Å². The van der Waals surface area contributed by atoms with Crippen molar-refractivity contribution in [2.45, 2.75) is 25.5 Å². The molecule has 2 unspecified atom stereocenters. The molecule has 2 heterocycles. The van der Waals surface area contributed by atoms with Crippen LogP contribution in [-0.4, -0.2) is 48.7 Å². The van der Waals surface area contributed by atoms with Crippen LogP contribution in [0.25, 0.3) is 11.2 Å². The Morgan fingerprint density at radius 2 is 2.20 bits per heavy atom. The van der Waals surface area contributed by atoms with Crippen LogP contribution in [0.4, 0.5) is 11.8 Å². The molecule has 2 aromatic heterocycles. The maximum Gasteiger partial charge on any atom is 0.226 e. The van der Waals surface area contributed by atoms with Crippen LogP contribution >= 0.6 is 0 Å². The van der Waals surface area contributed by atoms with Gasteiger partial charge < -0.3 is 15.6 Å². The zero-order valence-corrected chi connectivity index (χ0v) is 12.8. The number of nitrogens with one attached hydrogen (secondary N) is 3.